The van der Waals surface area contributed by atoms with Crippen molar-refractivity contribution in [2.75, 3.05) is 19.8 Å². The van der Waals surface area contributed by atoms with E-state index in [-0.39, 0.29) is 11.3 Å². The Morgan fingerprint density at radius 3 is 2.27 bits per heavy atom. The molecule has 2 aliphatic heterocycles. The molecule has 0 aromatic heterocycles. The number of ether oxygens (including phenoxy) is 3. The summed E-state index contributed by atoms with van der Waals surface area (Å²) in [5, 5.41) is 11.5. The highest BCUT2D eigenvalue weighted by atomic mass is 16.6. The van der Waals surface area contributed by atoms with Crippen LogP contribution in [0, 0.1) is 0 Å². The van der Waals surface area contributed by atoms with Gasteiger partial charge in [-0.15, -0.1) is 0 Å². The van der Waals surface area contributed by atoms with Crippen molar-refractivity contribution >= 4 is 17.4 Å². The number of likely N-dealkylation sites (tertiary alicyclic amines) is 1. The van der Waals surface area contributed by atoms with Crippen molar-refractivity contribution in [3.05, 3.63) is 125 Å². The van der Waals surface area contributed by atoms with Crippen molar-refractivity contribution in [2.45, 2.75) is 12.5 Å². The second kappa shape index (κ2) is 11.0. The zero-order chi connectivity index (χ0) is 27.5. The molecule has 2 heterocycles. The van der Waals surface area contributed by atoms with Crippen LogP contribution in [0.15, 0.2) is 109 Å². The highest BCUT2D eigenvalue weighted by Crippen LogP contribution is 2.42. The minimum absolute atomic E-state index is 0.0200. The van der Waals surface area contributed by atoms with E-state index < -0.39 is 17.7 Å². The number of Topliss-reactive ketones (excluding diaryl/α,β-unsaturated/α-hetero) is 1. The van der Waals surface area contributed by atoms with Gasteiger partial charge in [0.15, 0.2) is 11.5 Å². The molecular weight excluding hydrogens is 506 g/mol. The lowest BCUT2D eigenvalue weighted by molar-refractivity contribution is -0.139. The van der Waals surface area contributed by atoms with Crippen LogP contribution in [-0.2, 0) is 16.0 Å². The molecule has 200 valence electrons. The number of hydrogen-bond donors (Lipinski definition) is 1. The SMILES string of the molecule is O=C1C(=O)N(CCc2ccccc2)C(c2cccc(Oc3ccccc3)c2)/C1=C(\O)c1ccc2c(c1)OCCO2. The Balaban J connectivity index is 1.41. The van der Waals surface area contributed by atoms with Crippen molar-refractivity contribution in [3.63, 3.8) is 0 Å². The van der Waals surface area contributed by atoms with Gasteiger partial charge in [-0.25, -0.2) is 0 Å². The fourth-order valence-electron chi connectivity index (χ4n) is 5.07. The summed E-state index contributed by atoms with van der Waals surface area (Å²) < 4.78 is 17.3. The lowest BCUT2D eigenvalue weighted by atomic mass is 9.95. The molecular formula is C33H27NO6. The minimum Gasteiger partial charge on any atom is -0.507 e. The van der Waals surface area contributed by atoms with E-state index in [1.165, 1.54) is 4.90 Å². The number of ketones is 1. The van der Waals surface area contributed by atoms with Gasteiger partial charge in [0, 0.05) is 12.1 Å². The van der Waals surface area contributed by atoms with E-state index >= 15 is 0 Å². The van der Waals surface area contributed by atoms with Gasteiger partial charge in [0.05, 0.1) is 11.6 Å². The molecule has 0 radical (unpaired) electrons. The Kier molecular flexibility index (Phi) is 6.93. The summed E-state index contributed by atoms with van der Waals surface area (Å²) in [5.74, 6) is 0.591. The van der Waals surface area contributed by atoms with Crippen LogP contribution in [0.2, 0.25) is 0 Å². The molecule has 2 aliphatic rings. The van der Waals surface area contributed by atoms with E-state index in [9.17, 15) is 14.7 Å². The Morgan fingerprint density at radius 2 is 1.50 bits per heavy atom. The normalized spacial score (nSPS) is 17.6. The monoisotopic (exact) mass is 533 g/mol. The second-order valence-electron chi connectivity index (χ2n) is 9.57. The van der Waals surface area contributed by atoms with Crippen molar-refractivity contribution in [1.82, 2.24) is 4.90 Å². The molecule has 1 N–H and O–H groups in total. The third-order valence-electron chi connectivity index (χ3n) is 6.99. The first-order chi connectivity index (χ1) is 19.6. The summed E-state index contributed by atoms with van der Waals surface area (Å²) in [7, 11) is 0. The number of fused-ring (bicyclic) bond motifs is 1. The zero-order valence-corrected chi connectivity index (χ0v) is 21.7. The molecule has 1 amide bonds. The Hall–Kier alpha value is -5.04. The zero-order valence-electron chi connectivity index (χ0n) is 21.7. The summed E-state index contributed by atoms with van der Waals surface area (Å²) >= 11 is 0. The average molecular weight is 534 g/mol. The maximum absolute atomic E-state index is 13.5. The largest absolute Gasteiger partial charge is 0.507 e. The Labute approximate surface area is 231 Å². The number of carbonyl (C=O) groups is 2. The lowest BCUT2D eigenvalue weighted by Crippen LogP contribution is -2.31. The molecule has 0 saturated carbocycles. The van der Waals surface area contributed by atoms with Crippen molar-refractivity contribution in [3.8, 4) is 23.0 Å². The first-order valence-electron chi connectivity index (χ1n) is 13.1. The van der Waals surface area contributed by atoms with Crippen LogP contribution in [0.1, 0.15) is 22.7 Å². The fourth-order valence-corrected chi connectivity index (χ4v) is 5.07. The maximum Gasteiger partial charge on any atom is 0.295 e. The third-order valence-corrected chi connectivity index (χ3v) is 6.99. The van der Waals surface area contributed by atoms with E-state index in [0.717, 1.165) is 5.56 Å². The number of para-hydroxylation sites is 1. The standard InChI is InChI=1S/C33H27NO6/c35-31(24-14-15-27-28(21-24)39-19-18-38-27)29-30(23-10-7-13-26(20-23)40-25-11-5-2-6-12-25)34(33(37)32(29)36)17-16-22-8-3-1-4-9-22/h1-15,20-21,30,35H,16-19H2/b31-29+. The van der Waals surface area contributed by atoms with Gasteiger partial charge < -0.3 is 24.2 Å². The highest BCUT2D eigenvalue weighted by Gasteiger charge is 2.46. The second-order valence-corrected chi connectivity index (χ2v) is 9.57. The van der Waals surface area contributed by atoms with E-state index in [1.54, 1.807) is 24.3 Å². The smallest absolute Gasteiger partial charge is 0.295 e. The molecule has 0 aliphatic carbocycles. The van der Waals surface area contributed by atoms with Crippen LogP contribution in [0.3, 0.4) is 0 Å². The van der Waals surface area contributed by atoms with Crippen LogP contribution < -0.4 is 14.2 Å². The molecule has 0 bridgehead atoms. The molecule has 40 heavy (non-hydrogen) atoms. The van der Waals surface area contributed by atoms with Gasteiger partial charge in [0.1, 0.15) is 30.5 Å². The average Bonchev–Trinajstić information content (AvgIpc) is 3.25. The molecule has 4 aromatic rings. The molecule has 7 nitrogen and oxygen atoms in total. The van der Waals surface area contributed by atoms with Crippen molar-refractivity contribution in [1.29, 1.82) is 0 Å². The van der Waals surface area contributed by atoms with Gasteiger partial charge in [-0.3, -0.25) is 9.59 Å². The number of aliphatic hydroxyl groups is 1. The van der Waals surface area contributed by atoms with Crippen molar-refractivity contribution < 1.29 is 28.9 Å². The van der Waals surface area contributed by atoms with Crippen LogP contribution in [-0.4, -0.2) is 41.5 Å². The third kappa shape index (κ3) is 5.01. The maximum atomic E-state index is 13.5. The van der Waals surface area contributed by atoms with Gasteiger partial charge in [-0.1, -0.05) is 60.7 Å². The Morgan fingerprint density at radius 1 is 0.800 bits per heavy atom. The number of nitrogens with zero attached hydrogens (tertiary/aromatic N) is 1. The molecule has 1 saturated heterocycles. The van der Waals surface area contributed by atoms with Crippen LogP contribution >= 0.6 is 0 Å². The molecule has 1 unspecified atom stereocenters. The first kappa shape index (κ1) is 25.2. The predicted molar refractivity (Wildman–Crippen MR) is 150 cm³/mol. The molecule has 7 heteroatoms. The van der Waals surface area contributed by atoms with E-state index in [0.29, 0.717) is 60.3 Å². The van der Waals surface area contributed by atoms with Crippen molar-refractivity contribution in [2.24, 2.45) is 0 Å². The topological polar surface area (TPSA) is 85.3 Å². The molecule has 1 fully saturated rings. The summed E-state index contributed by atoms with van der Waals surface area (Å²) in [6.45, 7) is 1.11. The summed E-state index contributed by atoms with van der Waals surface area (Å²) in [5.41, 5.74) is 2.08. The Bertz CT molecular complexity index is 1580. The van der Waals surface area contributed by atoms with Gasteiger partial charge in [0.2, 0.25) is 0 Å². The number of amides is 1. The number of benzene rings is 4. The van der Waals surface area contributed by atoms with E-state index in [2.05, 4.69) is 0 Å². The van der Waals surface area contributed by atoms with Crippen LogP contribution in [0.4, 0.5) is 0 Å². The highest BCUT2D eigenvalue weighted by molar-refractivity contribution is 6.46. The first-order valence-corrected chi connectivity index (χ1v) is 13.1. The molecule has 4 aromatic carbocycles. The quantitative estimate of drug-likeness (QED) is 0.181. The minimum atomic E-state index is -0.809. The van der Waals surface area contributed by atoms with Gasteiger partial charge in [0.25, 0.3) is 11.7 Å². The number of carbonyl (C=O) groups excluding carboxylic acids is 2. The summed E-state index contributed by atoms with van der Waals surface area (Å²) in [6, 6.07) is 30.6. The summed E-state index contributed by atoms with van der Waals surface area (Å²) in [4.78, 5) is 28.4. The predicted octanol–water partition coefficient (Wildman–Crippen LogP) is 5.91. The number of rotatable bonds is 7. The van der Waals surface area contributed by atoms with Crippen LogP contribution in [0.25, 0.3) is 5.76 Å². The molecule has 6 rings (SSSR count). The lowest BCUT2D eigenvalue weighted by Gasteiger charge is -2.26. The van der Waals surface area contributed by atoms with Gasteiger partial charge in [-0.05, 0) is 60.0 Å². The fraction of sp³-hybridized carbons (Fsp3) is 0.152. The summed E-state index contributed by atoms with van der Waals surface area (Å²) in [6.07, 6.45) is 0.550. The van der Waals surface area contributed by atoms with Gasteiger partial charge >= 0.3 is 0 Å². The van der Waals surface area contributed by atoms with Gasteiger partial charge in [-0.2, -0.15) is 0 Å². The van der Waals surface area contributed by atoms with E-state index in [4.69, 9.17) is 14.2 Å². The molecule has 0 spiro atoms. The van der Waals surface area contributed by atoms with E-state index in [1.807, 2.05) is 78.9 Å². The van der Waals surface area contributed by atoms with Crippen LogP contribution in [0.5, 0.6) is 23.0 Å². The molecule has 1 atom stereocenters. The number of aliphatic hydroxyl groups excluding tert-OH is 1. The number of hydrogen-bond acceptors (Lipinski definition) is 6.